The van der Waals surface area contributed by atoms with Crippen LogP contribution in [0, 0.1) is 0 Å². The van der Waals surface area contributed by atoms with E-state index in [1.165, 1.54) is 11.0 Å². The van der Waals surface area contributed by atoms with Crippen LogP contribution in [-0.4, -0.2) is 36.8 Å². The van der Waals surface area contributed by atoms with E-state index in [9.17, 15) is 13.2 Å². The predicted molar refractivity (Wildman–Crippen MR) is 108 cm³/mol. The van der Waals surface area contributed by atoms with E-state index in [4.69, 9.17) is 0 Å². The summed E-state index contributed by atoms with van der Waals surface area (Å²) in [6.07, 6.45) is 1.66. The molecule has 4 aromatic rings. The van der Waals surface area contributed by atoms with Gasteiger partial charge in [-0.15, -0.1) is 0 Å². The Kier molecular flexibility index (Phi) is 5.14. The summed E-state index contributed by atoms with van der Waals surface area (Å²) in [5, 5.41) is 4.56. The Morgan fingerprint density at radius 1 is 1.07 bits per heavy atom. The quantitative estimate of drug-likeness (QED) is 0.428. The molecule has 4 rings (SSSR count). The lowest BCUT2D eigenvalue weighted by molar-refractivity contribution is -0.137. The van der Waals surface area contributed by atoms with Gasteiger partial charge in [0.15, 0.2) is 5.82 Å². The normalized spacial score (nSPS) is 12.9. The zero-order valence-electron chi connectivity index (χ0n) is 15.8. The molecule has 3 aromatic heterocycles. The topological polar surface area (TPSA) is 72.6 Å². The maximum atomic E-state index is 13.4. The highest BCUT2D eigenvalue weighted by Crippen LogP contribution is 2.38. The highest BCUT2D eigenvalue weighted by Gasteiger charge is 2.32. The standard InChI is InChI=1S/C19H15BrF3N7/c1-11(17-27-10-28-30(17)18-25-5-3-6-26-18)29(2)15-4-7-24-16-13(15)8-12(9-14(16)20)19(21,22)23/h3-11H,1-2H3/t11-/m0/s1. The van der Waals surface area contributed by atoms with Crippen molar-refractivity contribution in [2.24, 2.45) is 0 Å². The first-order valence-corrected chi connectivity index (χ1v) is 9.62. The van der Waals surface area contributed by atoms with Gasteiger partial charge in [-0.1, -0.05) is 0 Å². The van der Waals surface area contributed by atoms with E-state index in [2.05, 4.69) is 41.0 Å². The van der Waals surface area contributed by atoms with Gasteiger partial charge in [0.05, 0.1) is 17.1 Å². The molecule has 0 saturated heterocycles. The lowest BCUT2D eigenvalue weighted by Gasteiger charge is -2.27. The number of anilines is 1. The summed E-state index contributed by atoms with van der Waals surface area (Å²) >= 11 is 3.22. The number of hydrogen-bond acceptors (Lipinski definition) is 6. The molecule has 0 N–H and O–H groups in total. The molecule has 0 aliphatic carbocycles. The van der Waals surface area contributed by atoms with Crippen LogP contribution in [0.1, 0.15) is 24.4 Å². The summed E-state index contributed by atoms with van der Waals surface area (Å²) < 4.78 is 41.9. The molecule has 11 heteroatoms. The van der Waals surface area contributed by atoms with Gasteiger partial charge in [0.25, 0.3) is 5.95 Å². The molecule has 154 valence electrons. The van der Waals surface area contributed by atoms with Crippen LogP contribution in [0.3, 0.4) is 0 Å². The fourth-order valence-corrected chi connectivity index (χ4v) is 3.70. The van der Waals surface area contributed by atoms with Crippen LogP contribution >= 0.6 is 15.9 Å². The molecule has 0 unspecified atom stereocenters. The first-order chi connectivity index (χ1) is 14.3. The Morgan fingerprint density at radius 3 is 2.50 bits per heavy atom. The second kappa shape index (κ2) is 7.63. The zero-order valence-corrected chi connectivity index (χ0v) is 17.4. The van der Waals surface area contributed by atoms with Gasteiger partial charge in [0.2, 0.25) is 0 Å². The van der Waals surface area contributed by atoms with E-state index in [-0.39, 0.29) is 10.5 Å². The number of hydrogen-bond donors (Lipinski definition) is 0. The minimum absolute atomic E-state index is 0.274. The van der Waals surface area contributed by atoms with Crippen molar-refractivity contribution < 1.29 is 13.2 Å². The van der Waals surface area contributed by atoms with Crippen LogP contribution in [0.25, 0.3) is 16.9 Å². The van der Waals surface area contributed by atoms with Gasteiger partial charge in [0, 0.05) is 41.2 Å². The third-order valence-electron chi connectivity index (χ3n) is 4.75. The van der Waals surface area contributed by atoms with Crippen molar-refractivity contribution in [3.63, 3.8) is 0 Å². The van der Waals surface area contributed by atoms with E-state index in [0.717, 1.165) is 12.1 Å². The SMILES string of the molecule is C[C@@H](c1ncnn1-c1ncccn1)N(C)c1ccnc2c(Br)cc(C(F)(F)F)cc12. The van der Waals surface area contributed by atoms with Crippen LogP contribution < -0.4 is 4.90 Å². The van der Waals surface area contributed by atoms with E-state index < -0.39 is 11.7 Å². The first-order valence-electron chi connectivity index (χ1n) is 8.83. The third-order valence-corrected chi connectivity index (χ3v) is 5.36. The Labute approximate surface area is 177 Å². The second-order valence-electron chi connectivity index (χ2n) is 6.55. The minimum Gasteiger partial charge on any atom is -0.364 e. The Hall–Kier alpha value is -3.08. The van der Waals surface area contributed by atoms with Crippen LogP contribution in [0.5, 0.6) is 0 Å². The van der Waals surface area contributed by atoms with E-state index in [1.54, 1.807) is 37.8 Å². The number of halogens is 4. The number of alkyl halides is 3. The Balaban J connectivity index is 1.80. The molecule has 0 radical (unpaired) electrons. The molecule has 1 atom stereocenters. The van der Waals surface area contributed by atoms with Gasteiger partial charge < -0.3 is 4.90 Å². The zero-order chi connectivity index (χ0) is 21.5. The average Bonchev–Trinajstić information content (AvgIpc) is 3.22. The smallest absolute Gasteiger partial charge is 0.364 e. The first kappa shape index (κ1) is 20.2. The molecule has 0 amide bonds. The minimum atomic E-state index is -4.47. The van der Waals surface area contributed by atoms with Gasteiger partial charge >= 0.3 is 6.18 Å². The van der Waals surface area contributed by atoms with Crippen molar-refractivity contribution in [2.45, 2.75) is 19.1 Å². The maximum Gasteiger partial charge on any atom is 0.416 e. The van der Waals surface area contributed by atoms with Crippen LogP contribution in [0.4, 0.5) is 18.9 Å². The third kappa shape index (κ3) is 3.60. The fraction of sp³-hybridized carbons (Fsp3) is 0.211. The lowest BCUT2D eigenvalue weighted by atomic mass is 10.1. The largest absolute Gasteiger partial charge is 0.416 e. The molecule has 0 aliphatic rings. The predicted octanol–water partition coefficient (Wildman–Crippen LogP) is 4.58. The van der Waals surface area contributed by atoms with Gasteiger partial charge in [-0.05, 0) is 47.1 Å². The van der Waals surface area contributed by atoms with Crippen molar-refractivity contribution in [1.82, 2.24) is 29.7 Å². The van der Waals surface area contributed by atoms with E-state index in [0.29, 0.717) is 28.4 Å². The van der Waals surface area contributed by atoms with Crippen LogP contribution in [0.2, 0.25) is 0 Å². The summed E-state index contributed by atoms with van der Waals surface area (Å²) in [6, 6.07) is 5.15. The van der Waals surface area contributed by atoms with Crippen molar-refractivity contribution in [2.75, 3.05) is 11.9 Å². The van der Waals surface area contributed by atoms with Crippen molar-refractivity contribution >= 4 is 32.5 Å². The molecular formula is C19H15BrF3N7. The average molecular weight is 478 g/mol. The number of nitrogens with zero attached hydrogens (tertiary/aromatic N) is 7. The molecule has 7 nitrogen and oxygen atoms in total. The molecule has 0 spiro atoms. The van der Waals surface area contributed by atoms with E-state index in [1.807, 2.05) is 11.8 Å². The summed E-state index contributed by atoms with van der Waals surface area (Å²) in [5.74, 6) is 0.895. The lowest BCUT2D eigenvalue weighted by Crippen LogP contribution is -2.25. The highest BCUT2D eigenvalue weighted by molar-refractivity contribution is 9.10. The molecule has 3 heterocycles. The molecule has 1 aromatic carbocycles. The van der Waals surface area contributed by atoms with Gasteiger partial charge in [-0.2, -0.15) is 23.0 Å². The molecule has 30 heavy (non-hydrogen) atoms. The van der Waals surface area contributed by atoms with Gasteiger partial charge in [0.1, 0.15) is 6.33 Å². The number of fused-ring (bicyclic) bond motifs is 1. The summed E-state index contributed by atoms with van der Waals surface area (Å²) in [5.41, 5.74) is 0.258. The summed E-state index contributed by atoms with van der Waals surface area (Å²) in [4.78, 5) is 18.8. The number of pyridine rings is 1. The van der Waals surface area contributed by atoms with Gasteiger partial charge in [-0.25, -0.2) is 15.0 Å². The Bertz CT molecular complexity index is 1190. The van der Waals surface area contributed by atoms with Gasteiger partial charge in [-0.3, -0.25) is 4.98 Å². The van der Waals surface area contributed by atoms with Crippen LogP contribution in [-0.2, 0) is 6.18 Å². The summed E-state index contributed by atoms with van der Waals surface area (Å²) in [7, 11) is 1.78. The molecular weight excluding hydrogens is 463 g/mol. The number of rotatable bonds is 4. The summed E-state index contributed by atoms with van der Waals surface area (Å²) in [6.45, 7) is 1.87. The monoisotopic (exact) mass is 477 g/mol. The Morgan fingerprint density at radius 2 is 1.80 bits per heavy atom. The maximum absolute atomic E-state index is 13.4. The van der Waals surface area contributed by atoms with Crippen molar-refractivity contribution in [1.29, 1.82) is 0 Å². The van der Waals surface area contributed by atoms with E-state index >= 15 is 0 Å². The van der Waals surface area contributed by atoms with Crippen molar-refractivity contribution in [3.8, 4) is 5.95 Å². The molecule has 0 saturated carbocycles. The van der Waals surface area contributed by atoms with Crippen LogP contribution in [0.15, 0.2) is 53.7 Å². The number of aromatic nitrogens is 6. The van der Waals surface area contributed by atoms with Crippen molar-refractivity contribution in [3.05, 3.63) is 65.0 Å². The highest BCUT2D eigenvalue weighted by atomic mass is 79.9. The second-order valence-corrected chi connectivity index (χ2v) is 7.40. The molecule has 0 bridgehead atoms. The number of benzene rings is 1. The molecule has 0 aliphatic heterocycles. The molecule has 0 fully saturated rings. The fourth-order valence-electron chi connectivity index (χ4n) is 3.14.